The maximum Gasteiger partial charge on any atom is 0.324 e. The zero-order valence-electron chi connectivity index (χ0n) is 8.77. The third kappa shape index (κ3) is 1.83. The largest absolute Gasteiger partial charge is 0.525 e. The normalized spacial score (nSPS) is 10.3. The molecule has 0 atom stereocenters. The lowest BCUT2D eigenvalue weighted by Gasteiger charge is -2.11. The molecule has 0 spiro atoms. The molecule has 0 fully saturated rings. The van der Waals surface area contributed by atoms with E-state index in [-0.39, 0.29) is 5.97 Å². The highest BCUT2D eigenvalue weighted by Crippen LogP contribution is 2.26. The second-order valence-corrected chi connectivity index (χ2v) is 4.08. The summed E-state index contributed by atoms with van der Waals surface area (Å²) in [6.45, 7) is 5.72. The van der Waals surface area contributed by atoms with Crippen molar-refractivity contribution < 1.29 is 9.22 Å². The average Bonchev–Trinajstić information content (AvgIpc) is 2.19. The van der Waals surface area contributed by atoms with E-state index in [0.29, 0.717) is 21.1 Å². The number of carbonyl (C=O) groups excluding carboxylic acids is 1. The molecule has 0 N–H and O–H groups in total. The van der Waals surface area contributed by atoms with Gasteiger partial charge in [0.25, 0.3) is 0 Å². The predicted octanol–water partition coefficient (Wildman–Crippen LogP) is 1.70. The quantitative estimate of drug-likeness (QED) is 0.684. The molecule has 0 unspecified atom stereocenters. The topological polar surface area (TPSA) is 26.3 Å². The predicted molar refractivity (Wildman–Crippen MR) is 61.0 cm³/mol. The fourth-order valence-electron chi connectivity index (χ4n) is 1.33. The van der Waals surface area contributed by atoms with E-state index in [0.717, 1.165) is 16.7 Å². The molecular formula is C10H13ClO2Si. The molecule has 0 radical (unpaired) electrons. The van der Waals surface area contributed by atoms with Crippen molar-refractivity contribution >= 4 is 28.1 Å². The molecule has 0 aromatic heterocycles. The zero-order chi connectivity index (χ0) is 10.9. The van der Waals surface area contributed by atoms with Crippen LogP contribution >= 0.6 is 11.6 Å². The standard InChI is InChI=1S/C10H13ClO2Si/c1-5-4-8(10(12)13-14)7(3)9(11)6(5)2/h4H,1-3,14H3. The number of rotatable bonds is 1. The Hall–Kier alpha value is -0.803. The molecule has 0 heterocycles. The number of carbonyl (C=O) groups is 1. The number of hydrogen-bond acceptors (Lipinski definition) is 2. The molecule has 1 aromatic carbocycles. The first-order valence-corrected chi connectivity index (χ1v) is 5.53. The van der Waals surface area contributed by atoms with Gasteiger partial charge < -0.3 is 4.43 Å². The van der Waals surface area contributed by atoms with E-state index in [1.807, 2.05) is 26.8 Å². The van der Waals surface area contributed by atoms with E-state index in [2.05, 4.69) is 0 Å². The van der Waals surface area contributed by atoms with Crippen molar-refractivity contribution in [3.63, 3.8) is 0 Å². The van der Waals surface area contributed by atoms with Gasteiger partial charge in [0.1, 0.15) is 0 Å². The number of halogens is 1. The Morgan fingerprint density at radius 1 is 1.36 bits per heavy atom. The Bertz CT molecular complexity index is 388. The average molecular weight is 229 g/mol. The first kappa shape index (κ1) is 11.3. The smallest absolute Gasteiger partial charge is 0.324 e. The van der Waals surface area contributed by atoms with Gasteiger partial charge in [-0.25, -0.2) is 4.79 Å². The number of aryl methyl sites for hydroxylation is 1. The second-order valence-electron chi connectivity index (χ2n) is 3.30. The van der Waals surface area contributed by atoms with Gasteiger partial charge in [-0.3, -0.25) is 0 Å². The van der Waals surface area contributed by atoms with Crippen molar-refractivity contribution in [1.29, 1.82) is 0 Å². The molecular weight excluding hydrogens is 216 g/mol. The number of benzene rings is 1. The van der Waals surface area contributed by atoms with Crippen LogP contribution in [0.5, 0.6) is 0 Å². The summed E-state index contributed by atoms with van der Waals surface area (Å²) in [7, 11) is 0.407. The zero-order valence-corrected chi connectivity index (χ0v) is 11.5. The molecule has 2 nitrogen and oxygen atoms in total. The highest BCUT2D eigenvalue weighted by Gasteiger charge is 2.14. The molecule has 76 valence electrons. The van der Waals surface area contributed by atoms with Gasteiger partial charge in [0.15, 0.2) is 0 Å². The molecule has 0 saturated heterocycles. The van der Waals surface area contributed by atoms with Crippen molar-refractivity contribution in [2.75, 3.05) is 0 Å². The first-order valence-electron chi connectivity index (χ1n) is 4.33. The van der Waals surface area contributed by atoms with Gasteiger partial charge in [0, 0.05) is 5.02 Å². The number of hydrogen-bond donors (Lipinski definition) is 0. The van der Waals surface area contributed by atoms with Gasteiger partial charge in [-0.05, 0) is 43.5 Å². The van der Waals surface area contributed by atoms with E-state index < -0.39 is 0 Å². The Kier molecular flexibility index (Phi) is 3.34. The lowest BCUT2D eigenvalue weighted by molar-refractivity contribution is 0.0749. The maximum atomic E-state index is 11.4. The van der Waals surface area contributed by atoms with E-state index in [1.165, 1.54) is 0 Å². The fraction of sp³-hybridized carbons (Fsp3) is 0.300. The summed E-state index contributed by atoms with van der Waals surface area (Å²) in [6.07, 6.45) is 0. The van der Waals surface area contributed by atoms with Gasteiger partial charge in [0.2, 0.25) is 10.5 Å². The van der Waals surface area contributed by atoms with Crippen molar-refractivity contribution in [2.24, 2.45) is 0 Å². The summed E-state index contributed by atoms with van der Waals surface area (Å²) in [6, 6.07) is 1.83. The third-order valence-electron chi connectivity index (χ3n) is 2.42. The van der Waals surface area contributed by atoms with Crippen molar-refractivity contribution in [3.8, 4) is 0 Å². The minimum atomic E-state index is -0.279. The molecule has 0 saturated carbocycles. The minimum Gasteiger partial charge on any atom is -0.525 e. The molecule has 0 aliphatic heterocycles. The maximum absolute atomic E-state index is 11.4. The van der Waals surface area contributed by atoms with Crippen LogP contribution in [0.1, 0.15) is 27.0 Å². The van der Waals surface area contributed by atoms with E-state index in [9.17, 15) is 4.79 Å². The van der Waals surface area contributed by atoms with Gasteiger partial charge in [-0.15, -0.1) is 0 Å². The van der Waals surface area contributed by atoms with E-state index >= 15 is 0 Å². The second kappa shape index (κ2) is 4.15. The highest BCUT2D eigenvalue weighted by molar-refractivity contribution is 6.32. The van der Waals surface area contributed by atoms with Crippen LogP contribution < -0.4 is 0 Å². The Morgan fingerprint density at radius 3 is 2.43 bits per heavy atom. The van der Waals surface area contributed by atoms with Crippen LogP contribution in [0, 0.1) is 20.8 Å². The van der Waals surface area contributed by atoms with Crippen LogP contribution in [-0.4, -0.2) is 16.5 Å². The van der Waals surface area contributed by atoms with Crippen LogP contribution in [0.3, 0.4) is 0 Å². The molecule has 0 aliphatic carbocycles. The minimum absolute atomic E-state index is 0.279. The van der Waals surface area contributed by atoms with Crippen molar-refractivity contribution in [2.45, 2.75) is 20.8 Å². The lowest BCUT2D eigenvalue weighted by Crippen LogP contribution is -2.06. The summed E-state index contributed by atoms with van der Waals surface area (Å²) in [4.78, 5) is 11.4. The summed E-state index contributed by atoms with van der Waals surface area (Å²) in [5.74, 6) is -0.279. The Balaban J connectivity index is 3.40. The van der Waals surface area contributed by atoms with E-state index in [1.54, 1.807) is 0 Å². The van der Waals surface area contributed by atoms with Crippen LogP contribution in [0.25, 0.3) is 0 Å². The summed E-state index contributed by atoms with van der Waals surface area (Å²) in [5.41, 5.74) is 3.42. The van der Waals surface area contributed by atoms with Crippen molar-refractivity contribution in [3.05, 3.63) is 33.3 Å². The summed E-state index contributed by atoms with van der Waals surface area (Å²) < 4.78 is 4.81. The Labute approximate surface area is 91.8 Å². The summed E-state index contributed by atoms with van der Waals surface area (Å²) in [5, 5.41) is 0.659. The molecule has 0 amide bonds. The monoisotopic (exact) mass is 228 g/mol. The highest BCUT2D eigenvalue weighted by atomic mass is 35.5. The SMILES string of the molecule is Cc1cc(C(=O)O[SiH3])c(C)c(Cl)c1C. The molecule has 14 heavy (non-hydrogen) atoms. The molecule has 1 rings (SSSR count). The molecule has 4 heteroatoms. The van der Waals surface area contributed by atoms with Crippen LogP contribution in [-0.2, 0) is 4.43 Å². The Morgan fingerprint density at radius 2 is 1.93 bits per heavy atom. The van der Waals surface area contributed by atoms with Crippen LogP contribution in [0.4, 0.5) is 0 Å². The van der Waals surface area contributed by atoms with Crippen LogP contribution in [0.15, 0.2) is 6.07 Å². The van der Waals surface area contributed by atoms with Gasteiger partial charge in [0.05, 0.1) is 5.56 Å². The van der Waals surface area contributed by atoms with Gasteiger partial charge >= 0.3 is 5.97 Å². The molecule has 0 aliphatic rings. The van der Waals surface area contributed by atoms with E-state index in [4.69, 9.17) is 16.0 Å². The first-order chi connectivity index (χ1) is 6.49. The fourth-order valence-corrected chi connectivity index (χ4v) is 1.80. The lowest BCUT2D eigenvalue weighted by atomic mass is 10.0. The summed E-state index contributed by atoms with van der Waals surface area (Å²) >= 11 is 6.09. The molecule has 1 aromatic rings. The van der Waals surface area contributed by atoms with Gasteiger partial charge in [-0.2, -0.15) is 0 Å². The van der Waals surface area contributed by atoms with Gasteiger partial charge in [-0.1, -0.05) is 11.6 Å². The molecule has 0 bridgehead atoms. The van der Waals surface area contributed by atoms with Crippen molar-refractivity contribution in [1.82, 2.24) is 0 Å². The third-order valence-corrected chi connectivity index (χ3v) is 3.36. The van der Waals surface area contributed by atoms with Crippen LogP contribution in [0.2, 0.25) is 5.02 Å².